The molecule has 3 heterocycles. The molecular weight excluding hydrogens is 286 g/mol. The lowest BCUT2D eigenvalue weighted by molar-refractivity contribution is -0.131. The zero-order chi connectivity index (χ0) is 16.2. The van der Waals surface area contributed by atoms with Crippen LogP contribution in [0, 0.1) is 0 Å². The van der Waals surface area contributed by atoms with Gasteiger partial charge in [0.15, 0.2) is 0 Å². The van der Waals surface area contributed by atoms with E-state index in [1.54, 1.807) is 16.9 Å². The first-order valence-electron chi connectivity index (χ1n) is 7.71. The van der Waals surface area contributed by atoms with Crippen molar-refractivity contribution in [1.82, 2.24) is 14.7 Å². The minimum Gasteiger partial charge on any atom is -0.380 e. The molecule has 122 valence electrons. The van der Waals surface area contributed by atoms with Crippen molar-refractivity contribution in [2.75, 3.05) is 20.2 Å². The number of likely N-dealkylation sites (tertiary alicyclic amines) is 1. The Morgan fingerprint density at radius 1 is 1.14 bits per heavy atom. The molecule has 0 aromatic heterocycles. The predicted molar refractivity (Wildman–Crippen MR) is 78.0 cm³/mol. The SMILES string of the molecule is CO[C@@H]1C[C@@H]2C(=O)N([C@@H]3CC(=O)N(C(C)(C)C)C3)C(=O)N2C1. The smallest absolute Gasteiger partial charge is 0.327 e. The number of carbonyl (C=O) groups is 3. The summed E-state index contributed by atoms with van der Waals surface area (Å²) in [5.41, 5.74) is -0.297. The van der Waals surface area contributed by atoms with Crippen LogP contribution in [0.5, 0.6) is 0 Å². The first-order valence-corrected chi connectivity index (χ1v) is 7.71. The first-order chi connectivity index (χ1) is 10.2. The van der Waals surface area contributed by atoms with E-state index in [2.05, 4.69) is 0 Å². The molecule has 0 spiro atoms. The Bertz CT molecular complexity index is 503. The largest absolute Gasteiger partial charge is 0.380 e. The number of amides is 4. The Morgan fingerprint density at radius 2 is 1.82 bits per heavy atom. The summed E-state index contributed by atoms with van der Waals surface area (Å²) in [6.45, 7) is 6.76. The third kappa shape index (κ3) is 2.18. The summed E-state index contributed by atoms with van der Waals surface area (Å²) >= 11 is 0. The van der Waals surface area contributed by atoms with Crippen LogP contribution in [0.4, 0.5) is 4.79 Å². The van der Waals surface area contributed by atoms with Crippen LogP contribution in [0.2, 0.25) is 0 Å². The molecule has 0 unspecified atom stereocenters. The number of hydrogen-bond donors (Lipinski definition) is 0. The van der Waals surface area contributed by atoms with Crippen molar-refractivity contribution in [3.05, 3.63) is 0 Å². The van der Waals surface area contributed by atoms with Gasteiger partial charge in [-0.05, 0) is 20.8 Å². The lowest BCUT2D eigenvalue weighted by Crippen LogP contribution is -2.47. The van der Waals surface area contributed by atoms with E-state index in [4.69, 9.17) is 4.74 Å². The number of imide groups is 1. The number of fused-ring (bicyclic) bond motifs is 1. The summed E-state index contributed by atoms with van der Waals surface area (Å²) in [7, 11) is 1.59. The third-order valence-corrected chi connectivity index (χ3v) is 4.85. The predicted octanol–water partition coefficient (Wildman–Crippen LogP) is 0.437. The molecule has 3 aliphatic heterocycles. The van der Waals surface area contributed by atoms with Gasteiger partial charge in [0.1, 0.15) is 6.04 Å². The molecule has 0 saturated carbocycles. The summed E-state index contributed by atoms with van der Waals surface area (Å²) in [6, 6.07) is -1.04. The van der Waals surface area contributed by atoms with E-state index >= 15 is 0 Å². The molecule has 0 aromatic rings. The molecule has 3 saturated heterocycles. The second-order valence-corrected chi connectivity index (χ2v) is 7.29. The summed E-state index contributed by atoms with van der Waals surface area (Å²) in [4.78, 5) is 42.0. The fraction of sp³-hybridized carbons (Fsp3) is 0.800. The maximum atomic E-state index is 12.6. The van der Waals surface area contributed by atoms with Gasteiger partial charge in [-0.2, -0.15) is 0 Å². The molecule has 22 heavy (non-hydrogen) atoms. The van der Waals surface area contributed by atoms with Crippen LogP contribution in [0.25, 0.3) is 0 Å². The van der Waals surface area contributed by atoms with Gasteiger partial charge in [0.05, 0.1) is 12.1 Å². The van der Waals surface area contributed by atoms with Gasteiger partial charge in [0, 0.05) is 38.6 Å². The van der Waals surface area contributed by atoms with Crippen molar-refractivity contribution in [3.8, 4) is 0 Å². The van der Waals surface area contributed by atoms with Gasteiger partial charge in [-0.3, -0.25) is 14.5 Å². The van der Waals surface area contributed by atoms with Gasteiger partial charge in [0.2, 0.25) is 5.91 Å². The lowest BCUT2D eigenvalue weighted by atomic mass is 10.1. The molecule has 3 fully saturated rings. The Hall–Kier alpha value is -1.63. The number of ether oxygens (including phenoxy) is 1. The van der Waals surface area contributed by atoms with Crippen molar-refractivity contribution in [1.29, 1.82) is 0 Å². The molecule has 4 amide bonds. The van der Waals surface area contributed by atoms with Gasteiger partial charge in [-0.1, -0.05) is 0 Å². The average Bonchev–Trinajstić information content (AvgIpc) is 3.06. The zero-order valence-corrected chi connectivity index (χ0v) is 13.5. The number of rotatable bonds is 2. The van der Waals surface area contributed by atoms with Gasteiger partial charge >= 0.3 is 6.03 Å². The summed E-state index contributed by atoms with van der Waals surface area (Å²) in [5, 5.41) is 0. The molecule has 3 aliphatic rings. The maximum absolute atomic E-state index is 12.6. The van der Waals surface area contributed by atoms with Gasteiger partial charge in [-0.25, -0.2) is 4.79 Å². The molecule has 0 radical (unpaired) electrons. The monoisotopic (exact) mass is 309 g/mol. The normalized spacial score (nSPS) is 32.5. The van der Waals surface area contributed by atoms with E-state index in [0.717, 1.165) is 0 Å². The average molecular weight is 309 g/mol. The number of hydrogen-bond acceptors (Lipinski definition) is 4. The zero-order valence-electron chi connectivity index (χ0n) is 13.5. The van der Waals surface area contributed by atoms with E-state index in [1.165, 1.54) is 4.90 Å². The molecule has 7 nitrogen and oxygen atoms in total. The van der Waals surface area contributed by atoms with Crippen LogP contribution >= 0.6 is 0 Å². The third-order valence-electron chi connectivity index (χ3n) is 4.85. The number of methoxy groups -OCH3 is 1. The second-order valence-electron chi connectivity index (χ2n) is 7.29. The minimum absolute atomic E-state index is 0.0000671. The van der Waals surface area contributed by atoms with E-state index in [-0.39, 0.29) is 42.0 Å². The van der Waals surface area contributed by atoms with Gasteiger partial charge < -0.3 is 14.5 Å². The topological polar surface area (TPSA) is 70.2 Å². The molecular formula is C15H23N3O4. The lowest BCUT2D eigenvalue weighted by Gasteiger charge is -2.32. The quantitative estimate of drug-likeness (QED) is 0.694. The Morgan fingerprint density at radius 3 is 2.32 bits per heavy atom. The summed E-state index contributed by atoms with van der Waals surface area (Å²) in [6.07, 6.45) is 0.695. The Balaban J connectivity index is 1.76. The van der Waals surface area contributed by atoms with Crippen LogP contribution in [0.15, 0.2) is 0 Å². The number of nitrogens with zero attached hydrogens (tertiary/aromatic N) is 3. The van der Waals surface area contributed by atoms with E-state index < -0.39 is 6.04 Å². The second kappa shape index (κ2) is 4.94. The van der Waals surface area contributed by atoms with E-state index in [0.29, 0.717) is 19.5 Å². The minimum atomic E-state index is -0.420. The summed E-state index contributed by atoms with van der Waals surface area (Å²) < 4.78 is 5.26. The molecule has 7 heteroatoms. The first kappa shape index (κ1) is 15.3. The van der Waals surface area contributed by atoms with Crippen LogP contribution in [0.1, 0.15) is 33.6 Å². The Labute approximate surface area is 130 Å². The molecule has 0 aliphatic carbocycles. The van der Waals surface area contributed by atoms with Crippen LogP contribution in [-0.2, 0) is 14.3 Å². The van der Waals surface area contributed by atoms with Crippen molar-refractivity contribution in [3.63, 3.8) is 0 Å². The van der Waals surface area contributed by atoms with Crippen molar-refractivity contribution in [2.24, 2.45) is 0 Å². The number of urea groups is 1. The highest BCUT2D eigenvalue weighted by atomic mass is 16.5. The molecule has 0 N–H and O–H groups in total. The highest BCUT2D eigenvalue weighted by molar-refractivity contribution is 6.05. The van der Waals surface area contributed by atoms with Gasteiger partial charge in [0.25, 0.3) is 5.91 Å². The maximum Gasteiger partial charge on any atom is 0.327 e. The van der Waals surface area contributed by atoms with Crippen molar-refractivity contribution in [2.45, 2.75) is 57.3 Å². The fourth-order valence-corrected chi connectivity index (χ4v) is 3.65. The van der Waals surface area contributed by atoms with E-state index in [1.807, 2.05) is 20.8 Å². The molecule has 0 bridgehead atoms. The van der Waals surface area contributed by atoms with E-state index in [9.17, 15) is 14.4 Å². The standard InChI is InChI=1S/C15H23N3O4/c1-15(2,3)17-7-9(5-12(17)19)18-13(20)11-6-10(22-4)8-16(11)14(18)21/h9-11H,5-8H2,1-4H3/t9-,10-,11-/m1/s1. The van der Waals surface area contributed by atoms with Crippen molar-refractivity contribution >= 4 is 17.8 Å². The van der Waals surface area contributed by atoms with Crippen LogP contribution < -0.4 is 0 Å². The molecule has 3 atom stereocenters. The van der Waals surface area contributed by atoms with Crippen LogP contribution in [-0.4, -0.2) is 76.5 Å². The Kier molecular flexibility index (Phi) is 3.43. The highest BCUT2D eigenvalue weighted by Gasteiger charge is 2.54. The molecule has 3 rings (SSSR count). The van der Waals surface area contributed by atoms with Crippen LogP contribution in [0.3, 0.4) is 0 Å². The highest BCUT2D eigenvalue weighted by Crippen LogP contribution is 2.33. The van der Waals surface area contributed by atoms with Crippen molar-refractivity contribution < 1.29 is 19.1 Å². The number of carbonyl (C=O) groups excluding carboxylic acids is 3. The molecule has 0 aromatic carbocycles. The summed E-state index contributed by atoms with van der Waals surface area (Å²) in [5.74, 6) is -0.182. The van der Waals surface area contributed by atoms with Gasteiger partial charge in [-0.15, -0.1) is 0 Å². The fourth-order valence-electron chi connectivity index (χ4n) is 3.65.